The van der Waals surface area contributed by atoms with Crippen molar-refractivity contribution in [3.63, 3.8) is 0 Å². The number of rotatable bonds is 7. The molecule has 0 heterocycles. The van der Waals surface area contributed by atoms with Crippen molar-refractivity contribution in [3.8, 4) is 11.5 Å². The SMILES string of the molecule is CCNC(CC1CC1)c1cc(OC)ccc1OC. The van der Waals surface area contributed by atoms with E-state index in [1.54, 1.807) is 14.2 Å². The fourth-order valence-corrected chi connectivity index (χ4v) is 2.37. The molecule has 1 N–H and O–H groups in total. The second kappa shape index (κ2) is 6.10. The van der Waals surface area contributed by atoms with Gasteiger partial charge in [0.25, 0.3) is 0 Å². The molecule has 1 saturated carbocycles. The van der Waals surface area contributed by atoms with Crippen molar-refractivity contribution in [2.24, 2.45) is 5.92 Å². The number of ether oxygens (including phenoxy) is 2. The first kappa shape index (κ1) is 13.2. The molecule has 0 amide bonds. The van der Waals surface area contributed by atoms with Gasteiger partial charge >= 0.3 is 0 Å². The molecule has 100 valence electrons. The Morgan fingerprint density at radius 2 is 2.06 bits per heavy atom. The van der Waals surface area contributed by atoms with Gasteiger partial charge in [0, 0.05) is 11.6 Å². The van der Waals surface area contributed by atoms with E-state index in [4.69, 9.17) is 9.47 Å². The molecule has 1 atom stereocenters. The lowest BCUT2D eigenvalue weighted by molar-refractivity contribution is 0.384. The Morgan fingerprint density at radius 1 is 1.28 bits per heavy atom. The Kier molecular flexibility index (Phi) is 4.48. The van der Waals surface area contributed by atoms with Crippen molar-refractivity contribution in [1.29, 1.82) is 0 Å². The van der Waals surface area contributed by atoms with Crippen LogP contribution >= 0.6 is 0 Å². The zero-order valence-electron chi connectivity index (χ0n) is 11.5. The van der Waals surface area contributed by atoms with Crippen LogP contribution < -0.4 is 14.8 Å². The summed E-state index contributed by atoms with van der Waals surface area (Å²) in [6, 6.07) is 6.40. The average Bonchev–Trinajstić information content (AvgIpc) is 3.21. The van der Waals surface area contributed by atoms with E-state index in [-0.39, 0.29) is 0 Å². The lowest BCUT2D eigenvalue weighted by atomic mass is 9.99. The first-order valence-electron chi connectivity index (χ1n) is 6.73. The third-order valence-electron chi connectivity index (χ3n) is 3.53. The fraction of sp³-hybridized carbons (Fsp3) is 0.600. The molecule has 0 bridgehead atoms. The van der Waals surface area contributed by atoms with E-state index in [0.717, 1.165) is 24.0 Å². The van der Waals surface area contributed by atoms with Gasteiger partial charge in [-0.3, -0.25) is 0 Å². The molecule has 0 saturated heterocycles. The first-order valence-corrected chi connectivity index (χ1v) is 6.73. The van der Waals surface area contributed by atoms with Gasteiger partial charge in [0.2, 0.25) is 0 Å². The van der Waals surface area contributed by atoms with Gasteiger partial charge in [-0.25, -0.2) is 0 Å². The molecule has 3 nitrogen and oxygen atoms in total. The summed E-state index contributed by atoms with van der Waals surface area (Å²) in [5.74, 6) is 2.72. The summed E-state index contributed by atoms with van der Waals surface area (Å²) in [6.07, 6.45) is 3.93. The van der Waals surface area contributed by atoms with Gasteiger partial charge < -0.3 is 14.8 Å². The highest BCUT2D eigenvalue weighted by Crippen LogP contribution is 2.40. The fourth-order valence-electron chi connectivity index (χ4n) is 2.37. The molecule has 0 aliphatic heterocycles. The summed E-state index contributed by atoms with van der Waals surface area (Å²) in [4.78, 5) is 0. The molecule has 1 aromatic carbocycles. The van der Waals surface area contributed by atoms with Crippen LogP contribution in [0, 0.1) is 5.92 Å². The van der Waals surface area contributed by atoms with E-state index < -0.39 is 0 Å². The van der Waals surface area contributed by atoms with Crippen molar-refractivity contribution in [2.45, 2.75) is 32.2 Å². The van der Waals surface area contributed by atoms with Crippen LogP contribution in [0.5, 0.6) is 11.5 Å². The quantitative estimate of drug-likeness (QED) is 0.805. The zero-order valence-corrected chi connectivity index (χ0v) is 11.5. The summed E-state index contributed by atoms with van der Waals surface area (Å²) in [6.45, 7) is 3.12. The van der Waals surface area contributed by atoms with Crippen molar-refractivity contribution < 1.29 is 9.47 Å². The number of hydrogen-bond donors (Lipinski definition) is 1. The molecule has 0 radical (unpaired) electrons. The van der Waals surface area contributed by atoms with Crippen LogP contribution in [-0.4, -0.2) is 20.8 Å². The van der Waals surface area contributed by atoms with Crippen LogP contribution in [0.3, 0.4) is 0 Å². The molecule has 3 heteroatoms. The van der Waals surface area contributed by atoms with Crippen molar-refractivity contribution in [2.75, 3.05) is 20.8 Å². The molecule has 1 aliphatic carbocycles. The molecular weight excluding hydrogens is 226 g/mol. The highest BCUT2D eigenvalue weighted by molar-refractivity contribution is 5.42. The molecule has 1 fully saturated rings. The monoisotopic (exact) mass is 249 g/mol. The van der Waals surface area contributed by atoms with Gasteiger partial charge in [0.15, 0.2) is 0 Å². The smallest absolute Gasteiger partial charge is 0.123 e. The molecule has 1 unspecified atom stereocenters. The summed E-state index contributed by atoms with van der Waals surface area (Å²) >= 11 is 0. The molecule has 0 spiro atoms. The van der Waals surface area contributed by atoms with Gasteiger partial charge in [0.05, 0.1) is 14.2 Å². The minimum atomic E-state index is 0.368. The predicted molar refractivity (Wildman–Crippen MR) is 73.3 cm³/mol. The maximum atomic E-state index is 5.48. The Hall–Kier alpha value is -1.22. The van der Waals surface area contributed by atoms with Crippen LogP contribution in [0.15, 0.2) is 18.2 Å². The lowest BCUT2D eigenvalue weighted by Gasteiger charge is -2.21. The molecule has 2 rings (SSSR count). The number of benzene rings is 1. The topological polar surface area (TPSA) is 30.5 Å². The van der Waals surface area contributed by atoms with Crippen molar-refractivity contribution >= 4 is 0 Å². The highest BCUT2D eigenvalue weighted by Gasteiger charge is 2.27. The Bertz CT molecular complexity index is 388. The summed E-state index contributed by atoms with van der Waals surface area (Å²) in [7, 11) is 3.43. The maximum Gasteiger partial charge on any atom is 0.123 e. The lowest BCUT2D eigenvalue weighted by Crippen LogP contribution is -2.22. The average molecular weight is 249 g/mol. The van der Waals surface area contributed by atoms with E-state index in [0.29, 0.717) is 6.04 Å². The van der Waals surface area contributed by atoms with Gasteiger partial charge in [-0.2, -0.15) is 0 Å². The maximum absolute atomic E-state index is 5.48. The Balaban J connectivity index is 2.24. The Morgan fingerprint density at radius 3 is 2.61 bits per heavy atom. The van der Waals surface area contributed by atoms with Gasteiger partial charge in [-0.1, -0.05) is 19.8 Å². The summed E-state index contributed by atoms with van der Waals surface area (Å²) in [5, 5.41) is 3.56. The van der Waals surface area contributed by atoms with Crippen LogP contribution in [0.4, 0.5) is 0 Å². The number of hydrogen-bond acceptors (Lipinski definition) is 3. The minimum Gasteiger partial charge on any atom is -0.497 e. The molecule has 0 aromatic heterocycles. The van der Waals surface area contributed by atoms with E-state index in [1.807, 2.05) is 12.1 Å². The van der Waals surface area contributed by atoms with Gasteiger partial charge in [-0.15, -0.1) is 0 Å². The normalized spacial score (nSPS) is 16.4. The number of methoxy groups -OCH3 is 2. The largest absolute Gasteiger partial charge is 0.497 e. The minimum absolute atomic E-state index is 0.368. The van der Waals surface area contributed by atoms with Crippen molar-refractivity contribution in [3.05, 3.63) is 23.8 Å². The van der Waals surface area contributed by atoms with Crippen LogP contribution in [-0.2, 0) is 0 Å². The highest BCUT2D eigenvalue weighted by atomic mass is 16.5. The van der Waals surface area contributed by atoms with E-state index in [9.17, 15) is 0 Å². The summed E-state index contributed by atoms with van der Waals surface area (Å²) < 4.78 is 10.8. The van der Waals surface area contributed by atoms with Crippen LogP contribution in [0.25, 0.3) is 0 Å². The van der Waals surface area contributed by atoms with E-state index in [2.05, 4.69) is 18.3 Å². The van der Waals surface area contributed by atoms with E-state index >= 15 is 0 Å². The summed E-state index contributed by atoms with van der Waals surface area (Å²) in [5.41, 5.74) is 1.21. The third kappa shape index (κ3) is 3.16. The second-order valence-electron chi connectivity index (χ2n) is 4.90. The number of nitrogens with one attached hydrogen (secondary N) is 1. The van der Waals surface area contributed by atoms with Crippen LogP contribution in [0.1, 0.15) is 37.8 Å². The van der Waals surface area contributed by atoms with E-state index in [1.165, 1.54) is 24.8 Å². The Labute approximate surface area is 109 Å². The zero-order chi connectivity index (χ0) is 13.0. The first-order chi connectivity index (χ1) is 8.78. The molecule has 1 aliphatic rings. The van der Waals surface area contributed by atoms with Gasteiger partial charge in [0.1, 0.15) is 11.5 Å². The standard InChI is InChI=1S/C15H23NO2/c1-4-16-14(9-11-5-6-11)13-10-12(17-2)7-8-15(13)18-3/h7-8,10-11,14,16H,4-6,9H2,1-3H3. The molecule has 18 heavy (non-hydrogen) atoms. The van der Waals surface area contributed by atoms with Gasteiger partial charge in [-0.05, 0) is 37.1 Å². The molecule has 1 aromatic rings. The van der Waals surface area contributed by atoms with Crippen LogP contribution in [0.2, 0.25) is 0 Å². The molecular formula is C15H23NO2. The third-order valence-corrected chi connectivity index (χ3v) is 3.53. The second-order valence-corrected chi connectivity index (χ2v) is 4.90. The predicted octanol–water partition coefficient (Wildman–Crippen LogP) is 3.15. The van der Waals surface area contributed by atoms with Crippen molar-refractivity contribution in [1.82, 2.24) is 5.32 Å².